The number of benzene rings is 1. The Morgan fingerprint density at radius 2 is 2.00 bits per heavy atom. The molecule has 0 aromatic heterocycles. The van der Waals surface area contributed by atoms with Crippen LogP contribution in [0.4, 0.5) is 0 Å². The molecule has 0 radical (unpaired) electrons. The molecule has 1 aromatic carbocycles. The lowest BCUT2D eigenvalue weighted by Crippen LogP contribution is -2.21. The molecule has 0 saturated heterocycles. The molecule has 0 bridgehead atoms. The zero-order valence-corrected chi connectivity index (χ0v) is 11.7. The minimum atomic E-state index is 0.564. The van der Waals surface area contributed by atoms with Gasteiger partial charge in [0.15, 0.2) is 0 Å². The molecule has 0 aliphatic rings. The number of hydrogen-bond acceptors (Lipinski definition) is 2. The van der Waals surface area contributed by atoms with E-state index >= 15 is 0 Å². The zero-order valence-electron chi connectivity index (χ0n) is 11.7. The van der Waals surface area contributed by atoms with Crippen molar-refractivity contribution in [3.05, 3.63) is 29.3 Å². The van der Waals surface area contributed by atoms with Gasteiger partial charge < -0.3 is 10.1 Å². The minimum Gasteiger partial charge on any atom is -0.494 e. The van der Waals surface area contributed by atoms with Crippen molar-refractivity contribution in [2.45, 2.75) is 33.6 Å². The van der Waals surface area contributed by atoms with Crippen molar-refractivity contribution in [2.24, 2.45) is 5.92 Å². The van der Waals surface area contributed by atoms with Gasteiger partial charge in [0.05, 0.1) is 6.61 Å². The molecule has 0 amide bonds. The average Bonchev–Trinajstić information content (AvgIpc) is 2.28. The highest BCUT2D eigenvalue weighted by Gasteiger charge is 2.15. The number of aryl methyl sites for hydroxylation is 1. The minimum absolute atomic E-state index is 0.564. The Hall–Kier alpha value is -1.02. The van der Waals surface area contributed by atoms with Crippen LogP contribution in [0.3, 0.4) is 0 Å². The lowest BCUT2D eigenvalue weighted by Gasteiger charge is -2.22. The van der Waals surface area contributed by atoms with E-state index in [0.29, 0.717) is 11.8 Å². The van der Waals surface area contributed by atoms with E-state index in [4.69, 9.17) is 4.74 Å². The largest absolute Gasteiger partial charge is 0.494 e. The normalized spacial score (nSPS) is 12.8. The molecule has 0 fully saturated rings. The lowest BCUT2D eigenvalue weighted by atomic mass is 9.87. The Balaban J connectivity index is 2.93. The predicted octanol–water partition coefficient (Wildman–Crippen LogP) is 3.35. The van der Waals surface area contributed by atoms with E-state index < -0.39 is 0 Å². The highest BCUT2D eigenvalue weighted by Crippen LogP contribution is 2.28. The van der Waals surface area contributed by atoms with Gasteiger partial charge in [-0.2, -0.15) is 0 Å². The summed E-state index contributed by atoms with van der Waals surface area (Å²) in [7, 11) is 2.01. The fraction of sp³-hybridized carbons (Fsp3) is 0.600. The number of rotatable bonds is 6. The van der Waals surface area contributed by atoms with Crippen molar-refractivity contribution in [2.75, 3.05) is 20.2 Å². The number of nitrogens with one attached hydrogen (secondary N) is 1. The van der Waals surface area contributed by atoms with Crippen LogP contribution < -0.4 is 10.1 Å². The molecule has 96 valence electrons. The highest BCUT2D eigenvalue weighted by molar-refractivity contribution is 5.38. The highest BCUT2D eigenvalue weighted by atomic mass is 16.5. The third-order valence-corrected chi connectivity index (χ3v) is 3.16. The maximum absolute atomic E-state index is 5.58. The molecule has 1 unspecified atom stereocenters. The van der Waals surface area contributed by atoms with Crippen LogP contribution in [-0.4, -0.2) is 20.2 Å². The summed E-state index contributed by atoms with van der Waals surface area (Å²) >= 11 is 0. The summed E-state index contributed by atoms with van der Waals surface area (Å²) in [6, 6.07) is 6.55. The van der Waals surface area contributed by atoms with Gasteiger partial charge in [0.2, 0.25) is 0 Å². The molecular formula is C15H25NO. The van der Waals surface area contributed by atoms with Gasteiger partial charge >= 0.3 is 0 Å². The topological polar surface area (TPSA) is 21.3 Å². The lowest BCUT2D eigenvalue weighted by molar-refractivity contribution is 0.337. The zero-order chi connectivity index (χ0) is 12.8. The van der Waals surface area contributed by atoms with Gasteiger partial charge in [0.25, 0.3) is 0 Å². The van der Waals surface area contributed by atoms with E-state index in [2.05, 4.69) is 44.3 Å². The van der Waals surface area contributed by atoms with E-state index in [0.717, 1.165) is 18.9 Å². The van der Waals surface area contributed by atoms with E-state index in [1.807, 2.05) is 14.0 Å². The molecular weight excluding hydrogens is 210 g/mol. The fourth-order valence-corrected chi connectivity index (χ4v) is 2.18. The van der Waals surface area contributed by atoms with Gasteiger partial charge in [-0.15, -0.1) is 0 Å². The second-order valence-corrected chi connectivity index (χ2v) is 4.87. The summed E-state index contributed by atoms with van der Waals surface area (Å²) in [4.78, 5) is 0. The van der Waals surface area contributed by atoms with Gasteiger partial charge in [-0.1, -0.05) is 26.0 Å². The molecule has 0 aliphatic carbocycles. The van der Waals surface area contributed by atoms with Crippen molar-refractivity contribution in [1.82, 2.24) is 5.32 Å². The standard InChI is InChI=1S/C15H25NO/c1-6-17-15-8-7-13(9-12(15)4)14(10-16-5)11(2)3/h7-9,11,14,16H,6,10H2,1-5H3. The Labute approximate surface area is 105 Å². The van der Waals surface area contributed by atoms with Crippen LogP contribution >= 0.6 is 0 Å². The predicted molar refractivity (Wildman–Crippen MR) is 73.9 cm³/mol. The van der Waals surface area contributed by atoms with E-state index in [1.165, 1.54) is 11.1 Å². The third-order valence-electron chi connectivity index (χ3n) is 3.16. The number of ether oxygens (including phenoxy) is 1. The molecule has 1 aromatic rings. The second-order valence-electron chi connectivity index (χ2n) is 4.87. The first-order chi connectivity index (χ1) is 8.10. The first-order valence-corrected chi connectivity index (χ1v) is 6.48. The summed E-state index contributed by atoms with van der Waals surface area (Å²) in [5, 5.41) is 3.28. The van der Waals surface area contributed by atoms with Crippen LogP contribution in [-0.2, 0) is 0 Å². The molecule has 1 atom stereocenters. The summed E-state index contributed by atoms with van der Waals surface area (Å²) in [6.45, 7) is 10.4. The SMILES string of the molecule is CCOc1ccc(C(CNC)C(C)C)cc1C. The fourth-order valence-electron chi connectivity index (χ4n) is 2.18. The van der Waals surface area contributed by atoms with Crippen LogP contribution in [0.5, 0.6) is 5.75 Å². The third kappa shape index (κ3) is 3.74. The molecule has 0 saturated carbocycles. The smallest absolute Gasteiger partial charge is 0.122 e. The summed E-state index contributed by atoms with van der Waals surface area (Å²) < 4.78 is 5.58. The van der Waals surface area contributed by atoms with Crippen LogP contribution in [0.2, 0.25) is 0 Å². The monoisotopic (exact) mass is 235 g/mol. The molecule has 0 heterocycles. The first kappa shape index (κ1) is 14.0. The summed E-state index contributed by atoms with van der Waals surface area (Å²) in [5.41, 5.74) is 2.63. The number of likely N-dealkylation sites (N-methyl/N-ethyl adjacent to an activating group) is 1. The maximum atomic E-state index is 5.58. The summed E-state index contributed by atoms with van der Waals surface area (Å²) in [5.74, 6) is 2.21. The average molecular weight is 235 g/mol. The van der Waals surface area contributed by atoms with Crippen LogP contribution in [0.25, 0.3) is 0 Å². The van der Waals surface area contributed by atoms with E-state index in [-0.39, 0.29) is 0 Å². The molecule has 2 nitrogen and oxygen atoms in total. The molecule has 17 heavy (non-hydrogen) atoms. The van der Waals surface area contributed by atoms with Crippen molar-refractivity contribution in [3.63, 3.8) is 0 Å². The molecule has 1 N–H and O–H groups in total. The van der Waals surface area contributed by atoms with Gasteiger partial charge in [-0.25, -0.2) is 0 Å². The Kier molecular flexibility index (Phi) is 5.49. The quantitative estimate of drug-likeness (QED) is 0.816. The number of hydrogen-bond donors (Lipinski definition) is 1. The van der Waals surface area contributed by atoms with Gasteiger partial charge in [-0.3, -0.25) is 0 Å². The van der Waals surface area contributed by atoms with Gasteiger partial charge in [0.1, 0.15) is 5.75 Å². The Morgan fingerprint density at radius 1 is 1.29 bits per heavy atom. The molecule has 0 aliphatic heterocycles. The van der Waals surface area contributed by atoms with Crippen LogP contribution in [0.15, 0.2) is 18.2 Å². The van der Waals surface area contributed by atoms with E-state index in [1.54, 1.807) is 0 Å². The van der Waals surface area contributed by atoms with Crippen LogP contribution in [0.1, 0.15) is 37.8 Å². The van der Waals surface area contributed by atoms with E-state index in [9.17, 15) is 0 Å². The van der Waals surface area contributed by atoms with Crippen molar-refractivity contribution < 1.29 is 4.74 Å². The van der Waals surface area contributed by atoms with Gasteiger partial charge in [-0.05, 0) is 49.9 Å². The summed E-state index contributed by atoms with van der Waals surface area (Å²) in [6.07, 6.45) is 0. The first-order valence-electron chi connectivity index (χ1n) is 6.48. The Morgan fingerprint density at radius 3 is 2.47 bits per heavy atom. The van der Waals surface area contributed by atoms with Gasteiger partial charge in [0, 0.05) is 6.54 Å². The van der Waals surface area contributed by atoms with Crippen molar-refractivity contribution in [1.29, 1.82) is 0 Å². The Bertz CT molecular complexity index is 347. The molecule has 1 rings (SSSR count). The molecule has 2 heteroatoms. The molecule has 0 spiro atoms. The van der Waals surface area contributed by atoms with Crippen molar-refractivity contribution in [3.8, 4) is 5.75 Å². The van der Waals surface area contributed by atoms with Crippen LogP contribution in [0, 0.1) is 12.8 Å². The second kappa shape index (κ2) is 6.65. The van der Waals surface area contributed by atoms with Crippen molar-refractivity contribution >= 4 is 0 Å². The maximum Gasteiger partial charge on any atom is 0.122 e.